The van der Waals surface area contributed by atoms with E-state index >= 15 is 0 Å². The van der Waals surface area contributed by atoms with Gasteiger partial charge in [-0.3, -0.25) is 4.90 Å². The van der Waals surface area contributed by atoms with Gasteiger partial charge in [0.2, 0.25) is 0 Å². The van der Waals surface area contributed by atoms with E-state index in [9.17, 15) is 0 Å². The minimum atomic E-state index is 0.129. The van der Waals surface area contributed by atoms with Gasteiger partial charge in [-0.2, -0.15) is 0 Å². The molecule has 2 N–H and O–H groups in total. The maximum absolute atomic E-state index is 6.38. The molecule has 4 heteroatoms. The van der Waals surface area contributed by atoms with E-state index in [0.717, 1.165) is 30.5 Å². The number of rotatable bonds is 5. The van der Waals surface area contributed by atoms with Crippen molar-refractivity contribution in [3.05, 3.63) is 34.3 Å². The van der Waals surface area contributed by atoms with Gasteiger partial charge in [0.15, 0.2) is 0 Å². The summed E-state index contributed by atoms with van der Waals surface area (Å²) in [6, 6.07) is 9.20. The molecule has 0 bridgehead atoms. The van der Waals surface area contributed by atoms with Gasteiger partial charge >= 0.3 is 0 Å². The number of nitrogens with two attached hydrogens (primary N) is 1. The molecule has 106 valence electrons. The Morgan fingerprint density at radius 1 is 1.47 bits per heavy atom. The first kappa shape index (κ1) is 15.0. The Bertz CT molecular complexity index is 407. The average molecular weight is 327 g/mol. The summed E-state index contributed by atoms with van der Waals surface area (Å²) in [5.74, 6) is 0. The van der Waals surface area contributed by atoms with Crippen LogP contribution in [0.5, 0.6) is 0 Å². The minimum Gasteiger partial charge on any atom is -0.380 e. The van der Waals surface area contributed by atoms with E-state index in [1.54, 1.807) is 0 Å². The van der Waals surface area contributed by atoms with Gasteiger partial charge in [0.1, 0.15) is 0 Å². The molecule has 0 radical (unpaired) electrons. The first-order valence-electron chi connectivity index (χ1n) is 6.94. The molecule has 0 amide bonds. The van der Waals surface area contributed by atoms with Gasteiger partial charge in [0.25, 0.3) is 0 Å². The van der Waals surface area contributed by atoms with E-state index in [4.69, 9.17) is 10.5 Å². The summed E-state index contributed by atoms with van der Waals surface area (Å²) < 4.78 is 6.65. The zero-order chi connectivity index (χ0) is 13.8. The Hall–Kier alpha value is -0.420. The molecule has 1 heterocycles. The molecule has 1 aliphatic rings. The van der Waals surface area contributed by atoms with Gasteiger partial charge in [0.05, 0.1) is 12.6 Å². The summed E-state index contributed by atoms with van der Waals surface area (Å²) in [5, 5.41) is 0. The van der Waals surface area contributed by atoms with Crippen LogP contribution in [0, 0.1) is 0 Å². The Balaban J connectivity index is 2.27. The van der Waals surface area contributed by atoms with E-state index in [2.05, 4.69) is 53.0 Å². The standard InChI is InChI=1S/C15H23BrN2O/c1-3-14(17)15(12-6-4-5-7-13(12)16)18(2)11-8-9-19-10-11/h4-7,11,14-15H,3,8-10,17H2,1-2H3. The van der Waals surface area contributed by atoms with Gasteiger partial charge in [-0.1, -0.05) is 41.1 Å². The highest BCUT2D eigenvalue weighted by Gasteiger charge is 2.31. The molecule has 0 spiro atoms. The fourth-order valence-corrected chi connectivity index (χ4v) is 3.28. The monoisotopic (exact) mass is 326 g/mol. The molecule has 19 heavy (non-hydrogen) atoms. The zero-order valence-corrected chi connectivity index (χ0v) is 13.3. The van der Waals surface area contributed by atoms with E-state index in [-0.39, 0.29) is 12.1 Å². The second-order valence-corrected chi connectivity index (χ2v) is 6.08. The number of likely N-dealkylation sites (N-methyl/N-ethyl adjacent to an activating group) is 1. The number of benzene rings is 1. The highest BCUT2D eigenvalue weighted by Crippen LogP contribution is 2.32. The Kier molecular flexibility index (Phi) is 5.39. The molecule has 1 fully saturated rings. The zero-order valence-electron chi connectivity index (χ0n) is 11.7. The van der Waals surface area contributed by atoms with Crippen LogP contribution in [0.2, 0.25) is 0 Å². The van der Waals surface area contributed by atoms with Crippen molar-refractivity contribution in [2.24, 2.45) is 5.73 Å². The molecule has 3 nitrogen and oxygen atoms in total. The van der Waals surface area contributed by atoms with Crippen LogP contribution in [0.4, 0.5) is 0 Å². The number of halogens is 1. The lowest BCUT2D eigenvalue weighted by Gasteiger charge is -2.36. The van der Waals surface area contributed by atoms with Crippen LogP contribution in [0.25, 0.3) is 0 Å². The van der Waals surface area contributed by atoms with Gasteiger partial charge < -0.3 is 10.5 Å². The van der Waals surface area contributed by atoms with Gasteiger partial charge in [-0.15, -0.1) is 0 Å². The number of ether oxygens (including phenoxy) is 1. The summed E-state index contributed by atoms with van der Waals surface area (Å²) in [6.45, 7) is 3.82. The van der Waals surface area contributed by atoms with Crippen molar-refractivity contribution < 1.29 is 4.74 Å². The van der Waals surface area contributed by atoms with Gasteiger partial charge in [0, 0.05) is 23.2 Å². The second kappa shape index (κ2) is 6.84. The van der Waals surface area contributed by atoms with Crippen molar-refractivity contribution in [3.8, 4) is 0 Å². The molecule has 1 aromatic carbocycles. The molecule has 2 rings (SSSR count). The maximum Gasteiger partial charge on any atom is 0.0622 e. The summed E-state index contributed by atoms with van der Waals surface area (Å²) in [6.07, 6.45) is 2.05. The lowest BCUT2D eigenvalue weighted by Crippen LogP contribution is -2.44. The second-order valence-electron chi connectivity index (χ2n) is 5.22. The van der Waals surface area contributed by atoms with E-state index in [1.165, 1.54) is 5.56 Å². The molecule has 1 saturated heterocycles. The summed E-state index contributed by atoms with van der Waals surface area (Å²) in [4.78, 5) is 2.39. The molecular formula is C15H23BrN2O. The van der Waals surface area contributed by atoms with Crippen molar-refractivity contribution in [2.45, 2.75) is 37.9 Å². The molecule has 1 aliphatic heterocycles. The fraction of sp³-hybridized carbons (Fsp3) is 0.600. The Morgan fingerprint density at radius 3 is 2.79 bits per heavy atom. The van der Waals surface area contributed by atoms with Crippen LogP contribution in [0.3, 0.4) is 0 Å². The largest absolute Gasteiger partial charge is 0.380 e. The van der Waals surface area contributed by atoms with E-state index in [1.807, 2.05) is 6.07 Å². The van der Waals surface area contributed by atoms with Gasteiger partial charge in [-0.05, 0) is 31.5 Å². The van der Waals surface area contributed by atoms with E-state index < -0.39 is 0 Å². The molecule has 1 aromatic rings. The van der Waals surface area contributed by atoms with E-state index in [0.29, 0.717) is 6.04 Å². The molecule has 3 atom stereocenters. The SMILES string of the molecule is CCC(N)C(c1ccccc1Br)N(C)C1CCOC1. The predicted molar refractivity (Wildman–Crippen MR) is 82.1 cm³/mol. The molecule has 3 unspecified atom stereocenters. The topological polar surface area (TPSA) is 38.5 Å². The highest BCUT2D eigenvalue weighted by atomic mass is 79.9. The third kappa shape index (κ3) is 3.37. The lowest BCUT2D eigenvalue weighted by atomic mass is 9.95. The van der Waals surface area contributed by atoms with Crippen molar-refractivity contribution >= 4 is 15.9 Å². The molecule has 0 aliphatic carbocycles. The number of hydrogen-bond acceptors (Lipinski definition) is 3. The van der Waals surface area contributed by atoms with Crippen molar-refractivity contribution in [1.29, 1.82) is 0 Å². The minimum absolute atomic E-state index is 0.129. The summed E-state index contributed by atoms with van der Waals surface area (Å²) in [7, 11) is 2.17. The van der Waals surface area contributed by atoms with Crippen LogP contribution in [0.1, 0.15) is 31.4 Å². The Morgan fingerprint density at radius 2 is 2.21 bits per heavy atom. The van der Waals surface area contributed by atoms with Crippen LogP contribution in [-0.2, 0) is 4.74 Å². The molecular weight excluding hydrogens is 304 g/mol. The van der Waals surface area contributed by atoms with Crippen LogP contribution >= 0.6 is 15.9 Å². The molecule has 0 aromatic heterocycles. The predicted octanol–water partition coefficient (Wildman–Crippen LogP) is 2.95. The smallest absolute Gasteiger partial charge is 0.0622 e. The third-order valence-corrected chi connectivity index (χ3v) is 4.74. The third-order valence-electron chi connectivity index (χ3n) is 4.02. The average Bonchev–Trinajstić information content (AvgIpc) is 2.94. The fourth-order valence-electron chi connectivity index (χ4n) is 2.76. The van der Waals surface area contributed by atoms with Crippen molar-refractivity contribution in [3.63, 3.8) is 0 Å². The lowest BCUT2D eigenvalue weighted by molar-refractivity contribution is 0.119. The first-order valence-corrected chi connectivity index (χ1v) is 7.74. The van der Waals surface area contributed by atoms with Crippen LogP contribution in [0.15, 0.2) is 28.7 Å². The molecule has 0 saturated carbocycles. The van der Waals surface area contributed by atoms with Gasteiger partial charge in [-0.25, -0.2) is 0 Å². The van der Waals surface area contributed by atoms with Crippen LogP contribution < -0.4 is 5.73 Å². The first-order chi connectivity index (χ1) is 9.15. The highest BCUT2D eigenvalue weighted by molar-refractivity contribution is 9.10. The summed E-state index contributed by atoms with van der Waals surface area (Å²) in [5.41, 5.74) is 7.65. The maximum atomic E-state index is 6.38. The van der Waals surface area contributed by atoms with Crippen LogP contribution in [-0.4, -0.2) is 37.2 Å². The summed E-state index contributed by atoms with van der Waals surface area (Å²) >= 11 is 3.66. The number of hydrogen-bond donors (Lipinski definition) is 1. The van der Waals surface area contributed by atoms with Crippen molar-refractivity contribution in [2.75, 3.05) is 20.3 Å². The quantitative estimate of drug-likeness (QED) is 0.904. The normalized spacial score (nSPS) is 22.7. The Labute approximate surface area is 124 Å². The van der Waals surface area contributed by atoms with Crippen molar-refractivity contribution in [1.82, 2.24) is 4.90 Å². The number of nitrogens with zero attached hydrogens (tertiary/aromatic N) is 1.